The minimum atomic E-state index is -4.60. The van der Waals surface area contributed by atoms with Crippen LogP contribution in [-0.2, 0) is 23.5 Å². The molecule has 1 amide bonds. The highest BCUT2D eigenvalue weighted by atomic mass is 32.2. The molecule has 1 N–H and O–H groups in total. The van der Waals surface area contributed by atoms with E-state index < -0.39 is 39.7 Å². The van der Waals surface area contributed by atoms with Gasteiger partial charge in [0.1, 0.15) is 11.4 Å². The summed E-state index contributed by atoms with van der Waals surface area (Å²) >= 11 is 0. The summed E-state index contributed by atoms with van der Waals surface area (Å²) < 4.78 is 67.3. The van der Waals surface area contributed by atoms with Crippen LogP contribution in [0.5, 0.6) is 0 Å². The number of pyridine rings is 1. The Bertz CT molecular complexity index is 1360. The van der Waals surface area contributed by atoms with Gasteiger partial charge in [0.05, 0.1) is 5.56 Å². The van der Waals surface area contributed by atoms with Crippen molar-refractivity contribution in [3.8, 4) is 11.1 Å². The van der Waals surface area contributed by atoms with E-state index in [1.165, 1.54) is 36.7 Å². The zero-order chi connectivity index (χ0) is 26.1. The van der Waals surface area contributed by atoms with Gasteiger partial charge in [-0.2, -0.15) is 13.2 Å². The number of hydrogen-bond acceptors (Lipinski definition) is 3. The normalized spacial score (nSPS) is 12.6. The monoisotopic (exact) mass is 508 g/mol. The van der Waals surface area contributed by atoms with Crippen LogP contribution in [-0.4, -0.2) is 20.9 Å². The minimum absolute atomic E-state index is 0.0154. The van der Waals surface area contributed by atoms with Crippen molar-refractivity contribution < 1.29 is 26.6 Å². The molecule has 0 radical (unpaired) electrons. The molecule has 10 heteroatoms. The number of aromatic nitrogens is 1. The highest BCUT2D eigenvalue weighted by Gasteiger charge is 2.31. The van der Waals surface area contributed by atoms with E-state index in [1.807, 2.05) is 13.8 Å². The van der Waals surface area contributed by atoms with Crippen molar-refractivity contribution in [3.05, 3.63) is 87.1 Å². The van der Waals surface area contributed by atoms with Crippen LogP contribution in [0, 0.1) is 12.7 Å². The number of nitrogens with zero attached hydrogens (tertiary/aromatic N) is 1. The summed E-state index contributed by atoms with van der Waals surface area (Å²) in [6.07, 6.45) is -1.83. The molecular weight excluding hydrogens is 484 g/mol. The van der Waals surface area contributed by atoms with Crippen molar-refractivity contribution >= 4 is 16.7 Å². The highest BCUT2D eigenvalue weighted by Crippen LogP contribution is 2.32. The molecule has 186 valence electrons. The Morgan fingerprint density at radius 2 is 1.83 bits per heavy atom. The highest BCUT2D eigenvalue weighted by molar-refractivity contribution is 7.84. The lowest BCUT2D eigenvalue weighted by Gasteiger charge is -2.20. The van der Waals surface area contributed by atoms with Gasteiger partial charge in [-0.15, -0.1) is 0 Å². The third kappa shape index (κ3) is 5.70. The Morgan fingerprint density at radius 3 is 2.40 bits per heavy atom. The summed E-state index contributed by atoms with van der Waals surface area (Å²) in [4.78, 5) is 26.5. The van der Waals surface area contributed by atoms with E-state index >= 15 is 0 Å². The summed E-state index contributed by atoms with van der Waals surface area (Å²) in [6.45, 7) is 4.98. The first-order valence-electron chi connectivity index (χ1n) is 10.6. The fraction of sp³-hybridized carbons (Fsp3) is 0.280. The van der Waals surface area contributed by atoms with Crippen LogP contribution in [0.2, 0.25) is 0 Å². The smallest absolute Gasteiger partial charge is 0.348 e. The number of halogens is 4. The van der Waals surface area contributed by atoms with E-state index in [2.05, 4.69) is 5.32 Å². The zero-order valence-electron chi connectivity index (χ0n) is 19.5. The summed E-state index contributed by atoms with van der Waals surface area (Å²) in [5.41, 5.74) is -1.35. The standard InChI is InChI=1S/C25H24F4N2O3S/c1-14(2)31-13-20(24(33)30-12-17-8-9-19(35(4)34)11-21(17)26)23(32)22(15(31)3)16-6-5-7-18(10-16)25(27,28)29/h5-11,13-14H,12H2,1-4H3,(H,30,33). The Balaban J connectivity index is 2.03. The molecule has 3 rings (SSSR count). The Kier molecular flexibility index (Phi) is 7.64. The number of carbonyl (C=O) groups is 1. The van der Waals surface area contributed by atoms with Crippen LogP contribution in [0.3, 0.4) is 0 Å². The molecule has 0 spiro atoms. The van der Waals surface area contributed by atoms with Crippen molar-refractivity contribution in [3.63, 3.8) is 0 Å². The molecule has 0 bridgehead atoms. The van der Waals surface area contributed by atoms with Crippen molar-refractivity contribution in [2.24, 2.45) is 0 Å². The molecular formula is C25H24F4N2O3S. The van der Waals surface area contributed by atoms with Crippen LogP contribution in [0.25, 0.3) is 11.1 Å². The van der Waals surface area contributed by atoms with Crippen LogP contribution in [0.4, 0.5) is 17.6 Å². The topological polar surface area (TPSA) is 68.2 Å². The molecule has 0 saturated heterocycles. The molecule has 0 aliphatic rings. The van der Waals surface area contributed by atoms with Gasteiger partial charge in [-0.05, 0) is 50.6 Å². The zero-order valence-corrected chi connectivity index (χ0v) is 20.3. The molecule has 3 aromatic rings. The van der Waals surface area contributed by atoms with Crippen LogP contribution >= 0.6 is 0 Å². The van der Waals surface area contributed by atoms with E-state index in [-0.39, 0.29) is 34.8 Å². The van der Waals surface area contributed by atoms with Gasteiger partial charge in [-0.3, -0.25) is 13.8 Å². The predicted molar refractivity (Wildman–Crippen MR) is 126 cm³/mol. The lowest BCUT2D eigenvalue weighted by atomic mass is 9.98. The van der Waals surface area contributed by atoms with E-state index in [1.54, 1.807) is 11.5 Å². The molecule has 1 unspecified atom stereocenters. The molecule has 2 aromatic carbocycles. The molecule has 0 saturated carbocycles. The van der Waals surface area contributed by atoms with E-state index in [0.29, 0.717) is 10.6 Å². The number of carbonyl (C=O) groups excluding carboxylic acids is 1. The first-order valence-corrected chi connectivity index (χ1v) is 12.2. The molecule has 1 heterocycles. The maximum absolute atomic E-state index is 14.3. The second-order valence-electron chi connectivity index (χ2n) is 8.30. The van der Waals surface area contributed by atoms with E-state index in [0.717, 1.165) is 18.2 Å². The van der Waals surface area contributed by atoms with Gasteiger partial charge in [0.25, 0.3) is 5.91 Å². The average Bonchev–Trinajstić information content (AvgIpc) is 2.77. The number of hydrogen-bond donors (Lipinski definition) is 1. The lowest BCUT2D eigenvalue weighted by Crippen LogP contribution is -2.31. The number of benzene rings is 2. The maximum Gasteiger partial charge on any atom is 0.416 e. The molecule has 0 fully saturated rings. The molecule has 1 aromatic heterocycles. The Labute approximate surface area is 202 Å². The molecule has 5 nitrogen and oxygen atoms in total. The van der Waals surface area contributed by atoms with Crippen molar-refractivity contribution in [2.45, 2.75) is 44.4 Å². The molecule has 1 atom stereocenters. The summed E-state index contributed by atoms with van der Waals surface area (Å²) in [6, 6.07) is 8.16. The van der Waals surface area contributed by atoms with Gasteiger partial charge in [0.2, 0.25) is 5.43 Å². The minimum Gasteiger partial charge on any atom is -0.348 e. The quantitative estimate of drug-likeness (QED) is 0.464. The average molecular weight is 509 g/mol. The number of rotatable bonds is 6. The number of nitrogens with one attached hydrogen (secondary N) is 1. The van der Waals surface area contributed by atoms with Crippen molar-refractivity contribution in [2.75, 3.05) is 6.26 Å². The maximum atomic E-state index is 14.3. The fourth-order valence-corrected chi connectivity index (χ4v) is 4.26. The summed E-state index contributed by atoms with van der Waals surface area (Å²) in [5, 5.41) is 2.50. The molecule has 0 aliphatic heterocycles. The third-order valence-electron chi connectivity index (χ3n) is 5.56. The van der Waals surface area contributed by atoms with Gasteiger partial charge >= 0.3 is 6.18 Å². The van der Waals surface area contributed by atoms with Crippen LogP contribution in [0.1, 0.15) is 47.1 Å². The first kappa shape index (κ1) is 26.3. The number of amides is 1. The largest absolute Gasteiger partial charge is 0.416 e. The van der Waals surface area contributed by atoms with Gasteiger partial charge in [-0.25, -0.2) is 4.39 Å². The lowest BCUT2D eigenvalue weighted by molar-refractivity contribution is -0.137. The predicted octanol–water partition coefficient (Wildman–Crippen LogP) is 5.23. The summed E-state index contributed by atoms with van der Waals surface area (Å²) in [5.74, 6) is -1.45. The van der Waals surface area contributed by atoms with Crippen molar-refractivity contribution in [1.82, 2.24) is 9.88 Å². The van der Waals surface area contributed by atoms with Gasteiger partial charge in [0, 0.05) is 57.6 Å². The Hall–Kier alpha value is -3.27. The third-order valence-corrected chi connectivity index (χ3v) is 6.48. The van der Waals surface area contributed by atoms with Gasteiger partial charge in [-0.1, -0.05) is 18.2 Å². The van der Waals surface area contributed by atoms with Gasteiger partial charge < -0.3 is 9.88 Å². The van der Waals surface area contributed by atoms with Gasteiger partial charge in [0.15, 0.2) is 0 Å². The van der Waals surface area contributed by atoms with E-state index in [9.17, 15) is 31.4 Å². The molecule has 35 heavy (non-hydrogen) atoms. The summed E-state index contributed by atoms with van der Waals surface area (Å²) in [7, 11) is -1.37. The molecule has 0 aliphatic carbocycles. The second kappa shape index (κ2) is 10.2. The fourth-order valence-electron chi connectivity index (χ4n) is 3.73. The van der Waals surface area contributed by atoms with Crippen LogP contribution < -0.4 is 10.7 Å². The van der Waals surface area contributed by atoms with Crippen molar-refractivity contribution in [1.29, 1.82) is 0 Å². The van der Waals surface area contributed by atoms with Crippen LogP contribution in [0.15, 0.2) is 58.4 Å². The second-order valence-corrected chi connectivity index (χ2v) is 9.68. The SMILES string of the molecule is Cc1c(-c2cccc(C(F)(F)F)c2)c(=O)c(C(=O)NCc2ccc(S(C)=O)cc2F)cn1C(C)C. The van der Waals surface area contributed by atoms with E-state index in [4.69, 9.17) is 0 Å². The first-order chi connectivity index (χ1) is 16.3. The number of alkyl halides is 3. The Morgan fingerprint density at radius 1 is 1.14 bits per heavy atom.